The molecule has 0 radical (unpaired) electrons. The number of nitrogens with zero attached hydrogens (tertiary/aromatic N) is 2. The van der Waals surface area contributed by atoms with E-state index in [1.165, 1.54) is 0 Å². The predicted octanol–water partition coefficient (Wildman–Crippen LogP) is 3.15. The molecule has 2 rings (SSSR count). The summed E-state index contributed by atoms with van der Waals surface area (Å²) in [5.74, 6) is 0.0123. The van der Waals surface area contributed by atoms with E-state index in [4.69, 9.17) is 16.3 Å². The molecule has 0 N–H and O–H groups in total. The number of halogens is 2. The van der Waals surface area contributed by atoms with E-state index >= 15 is 0 Å². The average Bonchev–Trinajstić information content (AvgIpc) is 2.30. The van der Waals surface area contributed by atoms with Crippen molar-refractivity contribution in [2.75, 3.05) is 6.61 Å². The standard InChI is InChI=1S/C12H10BrClN2O2/c1-2-18-11(17)6-10-15-9-4-3-7(13)5-8(9)12(14)16-10/h3-5H,2,6H2,1H3. The summed E-state index contributed by atoms with van der Waals surface area (Å²) in [6.45, 7) is 2.09. The number of aromatic nitrogens is 2. The molecule has 94 valence electrons. The molecule has 1 aromatic carbocycles. The molecular formula is C12H10BrClN2O2. The molecule has 0 unspecified atom stereocenters. The summed E-state index contributed by atoms with van der Waals surface area (Å²) in [5.41, 5.74) is 0.706. The number of carbonyl (C=O) groups is 1. The summed E-state index contributed by atoms with van der Waals surface area (Å²) in [4.78, 5) is 19.7. The molecular weight excluding hydrogens is 320 g/mol. The van der Waals surface area contributed by atoms with Crippen LogP contribution in [0.15, 0.2) is 22.7 Å². The number of ether oxygens (including phenoxy) is 1. The van der Waals surface area contributed by atoms with Crippen LogP contribution in [-0.2, 0) is 16.0 Å². The second kappa shape index (κ2) is 5.63. The van der Waals surface area contributed by atoms with Gasteiger partial charge < -0.3 is 4.74 Å². The first-order valence-corrected chi connectivity index (χ1v) is 6.54. The van der Waals surface area contributed by atoms with Crippen molar-refractivity contribution in [2.45, 2.75) is 13.3 Å². The number of fused-ring (bicyclic) bond motifs is 1. The Hall–Kier alpha value is -1.20. The van der Waals surface area contributed by atoms with Gasteiger partial charge in [-0.2, -0.15) is 0 Å². The van der Waals surface area contributed by atoms with Crippen molar-refractivity contribution >= 4 is 44.4 Å². The molecule has 0 bridgehead atoms. The molecule has 1 heterocycles. The highest BCUT2D eigenvalue weighted by Crippen LogP contribution is 2.24. The molecule has 0 fully saturated rings. The minimum absolute atomic E-state index is 0.0273. The van der Waals surface area contributed by atoms with Crippen LogP contribution in [0.25, 0.3) is 10.9 Å². The zero-order valence-electron chi connectivity index (χ0n) is 9.61. The summed E-state index contributed by atoms with van der Waals surface area (Å²) in [5, 5.41) is 1.08. The minimum Gasteiger partial charge on any atom is -0.466 e. The Morgan fingerprint density at radius 1 is 1.44 bits per heavy atom. The van der Waals surface area contributed by atoms with Crippen molar-refractivity contribution in [1.29, 1.82) is 0 Å². The van der Waals surface area contributed by atoms with Crippen LogP contribution >= 0.6 is 27.5 Å². The van der Waals surface area contributed by atoms with Crippen LogP contribution in [0.3, 0.4) is 0 Å². The third-order valence-corrected chi connectivity index (χ3v) is 3.05. The third kappa shape index (κ3) is 2.97. The van der Waals surface area contributed by atoms with Gasteiger partial charge in [0.2, 0.25) is 0 Å². The maximum Gasteiger partial charge on any atom is 0.313 e. The van der Waals surface area contributed by atoms with Crippen molar-refractivity contribution in [3.63, 3.8) is 0 Å². The van der Waals surface area contributed by atoms with Crippen LogP contribution in [0.1, 0.15) is 12.7 Å². The second-order valence-corrected chi connectivity index (χ2v) is 4.85. The van der Waals surface area contributed by atoms with E-state index < -0.39 is 0 Å². The first-order chi connectivity index (χ1) is 8.60. The fraction of sp³-hybridized carbons (Fsp3) is 0.250. The van der Waals surface area contributed by atoms with Gasteiger partial charge in [0.15, 0.2) is 0 Å². The quantitative estimate of drug-likeness (QED) is 0.641. The molecule has 6 heteroatoms. The molecule has 0 aliphatic heterocycles. The lowest BCUT2D eigenvalue weighted by molar-refractivity contribution is -0.142. The largest absolute Gasteiger partial charge is 0.466 e. The average molecular weight is 330 g/mol. The number of rotatable bonds is 3. The van der Waals surface area contributed by atoms with E-state index in [0.717, 1.165) is 9.86 Å². The van der Waals surface area contributed by atoms with Gasteiger partial charge in [-0.1, -0.05) is 27.5 Å². The SMILES string of the molecule is CCOC(=O)Cc1nc(Cl)c2cc(Br)ccc2n1. The molecule has 1 aromatic heterocycles. The Balaban J connectivity index is 2.37. The molecule has 0 amide bonds. The number of esters is 1. The van der Waals surface area contributed by atoms with Crippen LogP contribution in [-0.4, -0.2) is 22.5 Å². The first-order valence-electron chi connectivity index (χ1n) is 5.37. The minimum atomic E-state index is -0.356. The lowest BCUT2D eigenvalue weighted by Crippen LogP contribution is -2.10. The van der Waals surface area contributed by atoms with Crippen molar-refractivity contribution < 1.29 is 9.53 Å². The van der Waals surface area contributed by atoms with E-state index in [0.29, 0.717) is 23.1 Å². The van der Waals surface area contributed by atoms with Gasteiger partial charge in [-0.25, -0.2) is 9.97 Å². The molecule has 4 nitrogen and oxygen atoms in total. The summed E-state index contributed by atoms with van der Waals surface area (Å²) in [6.07, 6.45) is 0.0273. The molecule has 0 spiro atoms. The zero-order chi connectivity index (χ0) is 13.1. The van der Waals surface area contributed by atoms with Gasteiger partial charge in [0.05, 0.1) is 12.1 Å². The van der Waals surface area contributed by atoms with Gasteiger partial charge >= 0.3 is 5.97 Å². The van der Waals surface area contributed by atoms with Gasteiger partial charge in [-0.3, -0.25) is 4.79 Å². The van der Waals surface area contributed by atoms with Crippen LogP contribution in [0.5, 0.6) is 0 Å². The molecule has 18 heavy (non-hydrogen) atoms. The number of carbonyl (C=O) groups excluding carboxylic acids is 1. The Bertz CT molecular complexity index is 604. The van der Waals surface area contributed by atoms with Crippen LogP contribution < -0.4 is 0 Å². The van der Waals surface area contributed by atoms with E-state index in [1.54, 1.807) is 6.92 Å². The predicted molar refractivity (Wildman–Crippen MR) is 72.6 cm³/mol. The second-order valence-electron chi connectivity index (χ2n) is 3.57. The van der Waals surface area contributed by atoms with Crippen molar-refractivity contribution in [1.82, 2.24) is 9.97 Å². The van der Waals surface area contributed by atoms with Gasteiger partial charge in [-0.15, -0.1) is 0 Å². The fourth-order valence-corrected chi connectivity index (χ4v) is 2.14. The molecule has 0 saturated carbocycles. The number of hydrogen-bond acceptors (Lipinski definition) is 4. The lowest BCUT2D eigenvalue weighted by Gasteiger charge is -2.04. The smallest absolute Gasteiger partial charge is 0.313 e. The summed E-state index contributed by atoms with van der Waals surface area (Å²) in [6, 6.07) is 5.52. The van der Waals surface area contributed by atoms with Crippen molar-refractivity contribution in [2.24, 2.45) is 0 Å². The normalized spacial score (nSPS) is 10.6. The summed E-state index contributed by atoms with van der Waals surface area (Å²) >= 11 is 9.43. The van der Waals surface area contributed by atoms with E-state index in [-0.39, 0.29) is 12.4 Å². The number of benzene rings is 1. The highest BCUT2D eigenvalue weighted by molar-refractivity contribution is 9.10. The maximum absolute atomic E-state index is 11.4. The van der Waals surface area contributed by atoms with Crippen LogP contribution in [0.4, 0.5) is 0 Å². The van der Waals surface area contributed by atoms with Crippen molar-refractivity contribution in [3.05, 3.63) is 33.6 Å². The fourth-order valence-electron chi connectivity index (χ4n) is 1.53. The monoisotopic (exact) mass is 328 g/mol. The Morgan fingerprint density at radius 2 is 2.22 bits per heavy atom. The van der Waals surface area contributed by atoms with Crippen molar-refractivity contribution in [3.8, 4) is 0 Å². The van der Waals surface area contributed by atoms with E-state index in [1.807, 2.05) is 18.2 Å². The molecule has 0 aliphatic carbocycles. The summed E-state index contributed by atoms with van der Waals surface area (Å²) in [7, 11) is 0. The topological polar surface area (TPSA) is 52.1 Å². The Morgan fingerprint density at radius 3 is 2.94 bits per heavy atom. The maximum atomic E-state index is 11.4. The molecule has 2 aromatic rings. The molecule has 0 atom stereocenters. The van der Waals surface area contributed by atoms with Gasteiger partial charge in [0.25, 0.3) is 0 Å². The van der Waals surface area contributed by atoms with Gasteiger partial charge in [-0.05, 0) is 25.1 Å². The van der Waals surface area contributed by atoms with E-state index in [9.17, 15) is 4.79 Å². The lowest BCUT2D eigenvalue weighted by atomic mass is 10.2. The Labute approximate surface area is 117 Å². The summed E-state index contributed by atoms with van der Waals surface area (Å²) < 4.78 is 5.75. The highest BCUT2D eigenvalue weighted by atomic mass is 79.9. The van der Waals surface area contributed by atoms with E-state index in [2.05, 4.69) is 25.9 Å². The van der Waals surface area contributed by atoms with Crippen LogP contribution in [0, 0.1) is 0 Å². The first kappa shape index (κ1) is 13.2. The Kier molecular flexibility index (Phi) is 4.14. The third-order valence-electron chi connectivity index (χ3n) is 2.27. The zero-order valence-corrected chi connectivity index (χ0v) is 12.0. The van der Waals surface area contributed by atoms with Crippen LogP contribution in [0.2, 0.25) is 5.15 Å². The van der Waals surface area contributed by atoms with Gasteiger partial charge in [0.1, 0.15) is 17.4 Å². The molecule has 0 saturated heterocycles. The number of hydrogen-bond donors (Lipinski definition) is 0. The molecule has 0 aliphatic rings. The highest BCUT2D eigenvalue weighted by Gasteiger charge is 2.10. The van der Waals surface area contributed by atoms with Gasteiger partial charge in [0, 0.05) is 9.86 Å².